The summed E-state index contributed by atoms with van der Waals surface area (Å²) in [6.45, 7) is 7.60. The first-order valence-corrected chi connectivity index (χ1v) is 15.2. The molecule has 2 heterocycles. The summed E-state index contributed by atoms with van der Waals surface area (Å²) < 4.78 is 29.5. The highest BCUT2D eigenvalue weighted by Crippen LogP contribution is 2.32. The summed E-state index contributed by atoms with van der Waals surface area (Å²) >= 11 is 6.24. The average Bonchev–Trinajstić information content (AvgIpc) is 3.31. The van der Waals surface area contributed by atoms with Crippen molar-refractivity contribution in [1.82, 2.24) is 14.5 Å². The third-order valence-corrected chi connectivity index (χ3v) is 9.33. The Morgan fingerprint density at radius 3 is 2.41 bits per heavy atom. The smallest absolute Gasteiger partial charge is 0.242 e. The molecular weight excluding hydrogens is 508 g/mol. The minimum atomic E-state index is -3.77. The molecule has 0 bridgehead atoms. The number of nitrogens with zero attached hydrogens (tertiary/aromatic N) is 3. The first-order valence-electron chi connectivity index (χ1n) is 13.3. The minimum absolute atomic E-state index is 0.185. The summed E-state index contributed by atoms with van der Waals surface area (Å²) in [7, 11) is -1.62. The Labute approximate surface area is 226 Å². The molecular formula is C28H39ClN4O3S. The lowest BCUT2D eigenvalue weighted by molar-refractivity contribution is -0.128. The molecule has 4 rings (SSSR count). The topological polar surface area (TPSA) is 73.0 Å². The fourth-order valence-corrected chi connectivity index (χ4v) is 6.60. The van der Waals surface area contributed by atoms with Crippen LogP contribution in [0.25, 0.3) is 0 Å². The summed E-state index contributed by atoms with van der Waals surface area (Å²) in [6, 6.07) is 12.9. The molecule has 2 saturated heterocycles. The van der Waals surface area contributed by atoms with Crippen LogP contribution in [0.5, 0.6) is 0 Å². The van der Waals surface area contributed by atoms with Crippen LogP contribution in [0.15, 0.2) is 47.4 Å². The van der Waals surface area contributed by atoms with Crippen LogP contribution in [0.3, 0.4) is 0 Å². The highest BCUT2D eigenvalue weighted by molar-refractivity contribution is 7.89. The Morgan fingerprint density at radius 2 is 1.76 bits per heavy atom. The average molecular weight is 547 g/mol. The number of piperidine rings is 1. The zero-order valence-electron chi connectivity index (χ0n) is 22.0. The van der Waals surface area contributed by atoms with E-state index in [2.05, 4.69) is 28.5 Å². The number of likely N-dealkylation sites (tertiary alicyclic amines) is 1. The van der Waals surface area contributed by atoms with Gasteiger partial charge >= 0.3 is 0 Å². The lowest BCUT2D eigenvalue weighted by Gasteiger charge is -2.35. The number of rotatable bonds is 11. The van der Waals surface area contributed by atoms with Crippen molar-refractivity contribution in [3.63, 3.8) is 0 Å². The zero-order chi connectivity index (χ0) is 26.4. The van der Waals surface area contributed by atoms with Crippen molar-refractivity contribution >= 4 is 33.2 Å². The lowest BCUT2D eigenvalue weighted by atomic mass is 9.93. The molecule has 2 aromatic rings. The van der Waals surface area contributed by atoms with Gasteiger partial charge in [0.15, 0.2) is 0 Å². The van der Waals surface area contributed by atoms with Gasteiger partial charge in [-0.05, 0) is 81.1 Å². The van der Waals surface area contributed by atoms with E-state index in [-0.39, 0.29) is 17.3 Å². The number of anilines is 1. The zero-order valence-corrected chi connectivity index (χ0v) is 23.5. The van der Waals surface area contributed by atoms with Crippen LogP contribution in [0.2, 0.25) is 5.02 Å². The Morgan fingerprint density at radius 1 is 1.05 bits per heavy atom. The maximum atomic E-state index is 13.4. The molecule has 2 aromatic carbocycles. The number of hydrogen-bond acceptors (Lipinski definition) is 5. The van der Waals surface area contributed by atoms with Crippen molar-refractivity contribution in [2.75, 3.05) is 44.7 Å². The molecule has 9 heteroatoms. The maximum Gasteiger partial charge on any atom is 0.242 e. The number of amides is 1. The fraction of sp³-hybridized carbons (Fsp3) is 0.536. The van der Waals surface area contributed by atoms with E-state index in [0.29, 0.717) is 29.6 Å². The largest absolute Gasteiger partial charge is 0.370 e. The predicted molar refractivity (Wildman–Crippen MR) is 149 cm³/mol. The Bertz CT molecular complexity index is 1160. The maximum absolute atomic E-state index is 13.4. The first-order chi connectivity index (χ1) is 17.7. The second-order valence-electron chi connectivity index (χ2n) is 10.3. The second kappa shape index (κ2) is 12.6. The van der Waals surface area contributed by atoms with Gasteiger partial charge in [0, 0.05) is 44.2 Å². The van der Waals surface area contributed by atoms with E-state index in [1.165, 1.54) is 6.42 Å². The van der Waals surface area contributed by atoms with E-state index in [9.17, 15) is 13.2 Å². The fourth-order valence-electron chi connectivity index (χ4n) is 5.10. The summed E-state index contributed by atoms with van der Waals surface area (Å²) in [6.07, 6.45) is 4.84. The quantitative estimate of drug-likeness (QED) is 0.449. The Kier molecular flexibility index (Phi) is 9.51. The molecule has 37 heavy (non-hydrogen) atoms. The Hall–Kier alpha value is -2.13. The van der Waals surface area contributed by atoms with Gasteiger partial charge in [0.1, 0.15) is 4.90 Å². The van der Waals surface area contributed by atoms with Gasteiger partial charge in [0.25, 0.3) is 0 Å². The molecule has 202 valence electrons. The molecule has 2 aliphatic rings. The van der Waals surface area contributed by atoms with Gasteiger partial charge in [-0.3, -0.25) is 4.79 Å². The molecule has 2 aliphatic heterocycles. The number of sulfonamides is 1. The number of halogens is 1. The van der Waals surface area contributed by atoms with Crippen LogP contribution in [0.4, 0.5) is 5.69 Å². The van der Waals surface area contributed by atoms with Crippen molar-refractivity contribution in [2.45, 2.75) is 57.0 Å². The highest BCUT2D eigenvalue weighted by Gasteiger charge is 2.26. The van der Waals surface area contributed by atoms with E-state index in [1.54, 1.807) is 12.1 Å². The van der Waals surface area contributed by atoms with Crippen molar-refractivity contribution < 1.29 is 13.2 Å². The summed E-state index contributed by atoms with van der Waals surface area (Å²) in [5.74, 6) is 0.866. The summed E-state index contributed by atoms with van der Waals surface area (Å²) in [5.41, 5.74) is 2.62. The molecule has 0 saturated carbocycles. The van der Waals surface area contributed by atoms with Crippen LogP contribution in [0.1, 0.15) is 50.2 Å². The first kappa shape index (κ1) is 27.9. The van der Waals surface area contributed by atoms with E-state index < -0.39 is 10.0 Å². The van der Waals surface area contributed by atoms with Crippen molar-refractivity contribution in [2.24, 2.45) is 5.92 Å². The van der Waals surface area contributed by atoms with Gasteiger partial charge in [-0.1, -0.05) is 42.8 Å². The molecule has 1 amide bonds. The normalized spacial score (nSPS) is 17.2. The number of carbonyl (C=O) groups is 1. The molecule has 0 radical (unpaired) electrons. The monoisotopic (exact) mass is 546 g/mol. The second-order valence-corrected chi connectivity index (χ2v) is 12.5. The number of nitrogens with one attached hydrogen (secondary N) is 1. The molecule has 0 aliphatic carbocycles. The van der Waals surface area contributed by atoms with Gasteiger partial charge < -0.3 is 14.7 Å². The van der Waals surface area contributed by atoms with Crippen LogP contribution in [-0.2, 0) is 27.9 Å². The number of benzene rings is 2. The highest BCUT2D eigenvalue weighted by atomic mass is 35.5. The molecule has 0 unspecified atom stereocenters. The van der Waals surface area contributed by atoms with E-state index in [4.69, 9.17) is 11.6 Å². The molecule has 0 atom stereocenters. The van der Waals surface area contributed by atoms with Gasteiger partial charge in [0.05, 0.1) is 5.69 Å². The van der Waals surface area contributed by atoms with Crippen LogP contribution in [0, 0.1) is 5.92 Å². The van der Waals surface area contributed by atoms with Gasteiger partial charge in [-0.25, -0.2) is 13.1 Å². The van der Waals surface area contributed by atoms with Crippen LogP contribution >= 0.6 is 11.6 Å². The Balaban J connectivity index is 1.38. The van der Waals surface area contributed by atoms with Gasteiger partial charge in [0.2, 0.25) is 15.9 Å². The standard InChI is InChI=1S/C28H39ClN4O3S/c1-3-31(2)16-12-22-13-17-32(18-14-22)26-11-10-25(29)19-27(26)37(35,36)30-20-23-6-8-24(9-7-23)21-33-15-4-5-28(33)34/h6-11,19,22,30H,3-5,12-18,20-21H2,1-2H3. The third kappa shape index (κ3) is 7.47. The number of carbonyl (C=O) groups excluding carboxylic acids is 1. The summed E-state index contributed by atoms with van der Waals surface area (Å²) in [4.78, 5) is 18.5. The molecule has 0 spiro atoms. The number of hydrogen-bond donors (Lipinski definition) is 1. The van der Waals surface area contributed by atoms with Gasteiger partial charge in [-0.2, -0.15) is 0 Å². The van der Waals surface area contributed by atoms with Crippen LogP contribution < -0.4 is 9.62 Å². The third-order valence-electron chi connectivity index (χ3n) is 7.66. The molecule has 0 aromatic heterocycles. The molecule has 1 N–H and O–H groups in total. The van der Waals surface area contributed by atoms with E-state index >= 15 is 0 Å². The van der Waals surface area contributed by atoms with E-state index in [1.807, 2.05) is 35.2 Å². The van der Waals surface area contributed by atoms with Crippen molar-refractivity contribution in [3.05, 3.63) is 58.6 Å². The van der Waals surface area contributed by atoms with Gasteiger partial charge in [-0.15, -0.1) is 0 Å². The van der Waals surface area contributed by atoms with Crippen molar-refractivity contribution in [3.8, 4) is 0 Å². The lowest BCUT2D eigenvalue weighted by Crippen LogP contribution is -2.36. The molecule has 2 fully saturated rings. The SMILES string of the molecule is CCN(C)CCC1CCN(c2ccc(Cl)cc2S(=O)(=O)NCc2ccc(CN3CCCC3=O)cc2)CC1. The van der Waals surface area contributed by atoms with Crippen LogP contribution in [-0.4, -0.2) is 63.9 Å². The minimum Gasteiger partial charge on any atom is -0.370 e. The van der Waals surface area contributed by atoms with Crippen molar-refractivity contribution in [1.29, 1.82) is 0 Å². The van der Waals surface area contributed by atoms with E-state index in [0.717, 1.165) is 63.1 Å². The summed E-state index contributed by atoms with van der Waals surface area (Å²) in [5, 5.41) is 0.405. The predicted octanol–water partition coefficient (Wildman–Crippen LogP) is 4.50. The molecule has 7 nitrogen and oxygen atoms in total.